The van der Waals surface area contributed by atoms with E-state index >= 15 is 0 Å². The minimum atomic E-state index is 0.180. The molecule has 0 nitrogen and oxygen atoms in total. The third-order valence-corrected chi connectivity index (χ3v) is 5.08. The van der Waals surface area contributed by atoms with Gasteiger partial charge in [0.2, 0.25) is 0 Å². The highest BCUT2D eigenvalue weighted by atomic mass is 32.2. The second kappa shape index (κ2) is 4.75. The van der Waals surface area contributed by atoms with Gasteiger partial charge in [0.25, 0.3) is 0 Å². The Kier molecular flexibility index (Phi) is 3.35. The standard InChI is InChI=1S/C15H17S/c1-12-8-4-6-10-14(12)16(3)15-11-7-5-9-13(15)2/h4-11H,1-3H3/q+1. The Morgan fingerprint density at radius 3 is 1.44 bits per heavy atom. The van der Waals surface area contributed by atoms with Crippen molar-refractivity contribution < 1.29 is 0 Å². The van der Waals surface area contributed by atoms with E-state index in [-0.39, 0.29) is 10.9 Å². The van der Waals surface area contributed by atoms with E-state index in [1.54, 1.807) is 0 Å². The fourth-order valence-electron chi connectivity index (χ4n) is 1.92. The maximum Gasteiger partial charge on any atom is 0.163 e. The van der Waals surface area contributed by atoms with Crippen LogP contribution in [0.15, 0.2) is 58.3 Å². The van der Waals surface area contributed by atoms with Gasteiger partial charge >= 0.3 is 0 Å². The molecular weight excluding hydrogens is 212 g/mol. The van der Waals surface area contributed by atoms with Gasteiger partial charge in [0.15, 0.2) is 9.79 Å². The van der Waals surface area contributed by atoms with Crippen LogP contribution in [0, 0.1) is 13.8 Å². The summed E-state index contributed by atoms with van der Waals surface area (Å²) in [5.74, 6) is 0. The van der Waals surface area contributed by atoms with E-state index in [1.807, 2.05) is 0 Å². The lowest BCUT2D eigenvalue weighted by atomic mass is 10.2. The Morgan fingerprint density at radius 1 is 0.688 bits per heavy atom. The van der Waals surface area contributed by atoms with Gasteiger partial charge in [-0.1, -0.05) is 36.4 Å². The number of benzene rings is 2. The van der Waals surface area contributed by atoms with Crippen molar-refractivity contribution in [3.8, 4) is 0 Å². The molecule has 0 N–H and O–H groups in total. The lowest BCUT2D eigenvalue weighted by molar-refractivity contribution is 1.24. The second-order valence-corrected chi connectivity index (χ2v) is 5.94. The molecule has 0 heterocycles. The monoisotopic (exact) mass is 229 g/mol. The van der Waals surface area contributed by atoms with Gasteiger partial charge in [-0.2, -0.15) is 0 Å². The Bertz CT molecular complexity index is 443. The second-order valence-electron chi connectivity index (χ2n) is 4.04. The molecule has 0 aromatic heterocycles. The van der Waals surface area contributed by atoms with E-state index in [0.717, 1.165) is 0 Å². The molecule has 0 unspecified atom stereocenters. The van der Waals surface area contributed by atoms with Crippen molar-refractivity contribution in [3.63, 3.8) is 0 Å². The molecule has 0 atom stereocenters. The predicted molar refractivity (Wildman–Crippen MR) is 72.2 cm³/mol. The fraction of sp³-hybridized carbons (Fsp3) is 0.200. The van der Waals surface area contributed by atoms with E-state index < -0.39 is 0 Å². The van der Waals surface area contributed by atoms with Gasteiger partial charge in [0.05, 0.1) is 10.9 Å². The van der Waals surface area contributed by atoms with Crippen LogP contribution in [-0.2, 0) is 10.9 Å². The van der Waals surface area contributed by atoms with Crippen molar-refractivity contribution in [2.24, 2.45) is 0 Å². The molecule has 2 aromatic rings. The molecular formula is C15H17S+. The molecule has 0 saturated carbocycles. The lowest BCUT2D eigenvalue weighted by Gasteiger charge is -2.07. The fourth-order valence-corrected chi connectivity index (χ4v) is 3.82. The van der Waals surface area contributed by atoms with Gasteiger partial charge in [-0.05, 0) is 26.0 Å². The maximum absolute atomic E-state index is 2.31. The third kappa shape index (κ3) is 2.14. The molecule has 2 aromatic carbocycles. The van der Waals surface area contributed by atoms with Gasteiger partial charge in [-0.3, -0.25) is 0 Å². The SMILES string of the molecule is Cc1ccccc1[S+](C)c1ccccc1C. The Hall–Kier alpha value is -1.21. The van der Waals surface area contributed by atoms with Crippen LogP contribution in [0.3, 0.4) is 0 Å². The molecule has 0 amide bonds. The van der Waals surface area contributed by atoms with E-state index in [2.05, 4.69) is 68.6 Å². The molecule has 0 radical (unpaired) electrons. The summed E-state index contributed by atoms with van der Waals surface area (Å²) in [6.07, 6.45) is 2.31. The quantitative estimate of drug-likeness (QED) is 0.684. The average molecular weight is 229 g/mol. The van der Waals surface area contributed by atoms with Crippen molar-refractivity contribution in [1.82, 2.24) is 0 Å². The van der Waals surface area contributed by atoms with Crippen LogP contribution in [0.2, 0.25) is 0 Å². The lowest BCUT2D eigenvalue weighted by Crippen LogP contribution is -2.04. The molecule has 2 rings (SSSR count). The number of aryl methyl sites for hydroxylation is 2. The minimum absolute atomic E-state index is 0.180. The number of rotatable bonds is 2. The van der Waals surface area contributed by atoms with E-state index in [9.17, 15) is 0 Å². The molecule has 0 aliphatic rings. The smallest absolute Gasteiger partial charge is 0.0616 e. The van der Waals surface area contributed by atoms with Gasteiger partial charge in [0, 0.05) is 11.1 Å². The predicted octanol–water partition coefficient (Wildman–Crippen LogP) is 3.97. The van der Waals surface area contributed by atoms with Crippen LogP contribution < -0.4 is 0 Å². The molecule has 16 heavy (non-hydrogen) atoms. The van der Waals surface area contributed by atoms with Gasteiger partial charge < -0.3 is 0 Å². The van der Waals surface area contributed by atoms with Gasteiger partial charge in [-0.25, -0.2) is 0 Å². The molecule has 0 aliphatic carbocycles. The average Bonchev–Trinajstić information content (AvgIpc) is 2.29. The van der Waals surface area contributed by atoms with E-state index in [4.69, 9.17) is 0 Å². The van der Waals surface area contributed by atoms with Crippen LogP contribution >= 0.6 is 0 Å². The highest BCUT2D eigenvalue weighted by molar-refractivity contribution is 7.96. The van der Waals surface area contributed by atoms with Crippen LogP contribution in [0.4, 0.5) is 0 Å². The van der Waals surface area contributed by atoms with Crippen molar-refractivity contribution >= 4 is 10.9 Å². The third-order valence-electron chi connectivity index (χ3n) is 2.85. The highest BCUT2D eigenvalue weighted by Gasteiger charge is 2.22. The molecule has 82 valence electrons. The normalized spacial score (nSPS) is 10.8. The summed E-state index contributed by atoms with van der Waals surface area (Å²) in [6, 6.07) is 17.3. The summed E-state index contributed by atoms with van der Waals surface area (Å²) in [5, 5.41) is 0. The first-order valence-corrected chi connectivity index (χ1v) is 7.10. The summed E-state index contributed by atoms with van der Waals surface area (Å²) in [4.78, 5) is 2.91. The van der Waals surface area contributed by atoms with Crippen molar-refractivity contribution in [1.29, 1.82) is 0 Å². The molecule has 1 heteroatoms. The van der Waals surface area contributed by atoms with Gasteiger partial charge in [-0.15, -0.1) is 0 Å². The van der Waals surface area contributed by atoms with Crippen LogP contribution in [0.1, 0.15) is 11.1 Å². The molecule has 0 saturated heterocycles. The van der Waals surface area contributed by atoms with Crippen molar-refractivity contribution in [2.75, 3.05) is 6.26 Å². The summed E-state index contributed by atoms with van der Waals surface area (Å²) in [5.41, 5.74) is 2.77. The number of hydrogen-bond acceptors (Lipinski definition) is 0. The van der Waals surface area contributed by atoms with Crippen LogP contribution in [0.25, 0.3) is 0 Å². The maximum atomic E-state index is 2.31. The van der Waals surface area contributed by atoms with Gasteiger partial charge in [0.1, 0.15) is 6.26 Å². The first kappa shape index (κ1) is 11.3. The summed E-state index contributed by atoms with van der Waals surface area (Å²) < 4.78 is 0. The zero-order valence-electron chi connectivity index (χ0n) is 10.0. The topological polar surface area (TPSA) is 0 Å². The largest absolute Gasteiger partial charge is 0.163 e. The van der Waals surface area contributed by atoms with Crippen LogP contribution in [-0.4, -0.2) is 6.26 Å². The van der Waals surface area contributed by atoms with Crippen LogP contribution in [0.5, 0.6) is 0 Å². The molecule has 0 bridgehead atoms. The summed E-state index contributed by atoms with van der Waals surface area (Å²) >= 11 is 0. The first-order chi connectivity index (χ1) is 7.70. The van der Waals surface area contributed by atoms with E-state index in [1.165, 1.54) is 20.9 Å². The first-order valence-electron chi connectivity index (χ1n) is 5.47. The molecule has 0 aliphatic heterocycles. The summed E-state index contributed by atoms with van der Waals surface area (Å²) in [6.45, 7) is 4.38. The Morgan fingerprint density at radius 2 is 1.06 bits per heavy atom. The molecule has 0 fully saturated rings. The van der Waals surface area contributed by atoms with E-state index in [0.29, 0.717) is 0 Å². The number of hydrogen-bond donors (Lipinski definition) is 0. The molecule has 0 spiro atoms. The zero-order valence-corrected chi connectivity index (χ0v) is 10.8. The summed E-state index contributed by atoms with van der Waals surface area (Å²) in [7, 11) is 0.180. The minimum Gasteiger partial charge on any atom is -0.0616 e. The highest BCUT2D eigenvalue weighted by Crippen LogP contribution is 2.25. The van der Waals surface area contributed by atoms with Crippen molar-refractivity contribution in [3.05, 3.63) is 59.7 Å². The van der Waals surface area contributed by atoms with Crippen molar-refractivity contribution in [2.45, 2.75) is 23.6 Å². The Balaban J connectivity index is 2.44. The zero-order chi connectivity index (χ0) is 11.5. The Labute approximate surface area is 101 Å².